The van der Waals surface area contributed by atoms with Crippen molar-refractivity contribution >= 4 is 11.4 Å². The van der Waals surface area contributed by atoms with Crippen molar-refractivity contribution in [3.05, 3.63) is 101 Å². The van der Waals surface area contributed by atoms with Crippen LogP contribution in [0, 0.1) is 13.8 Å². The standard InChI is InChI=1S/C40H60N2.2C9H19.Pd/c1-5-9-13-15-16-19-24-34-26-22-28-36(32-34)39-37(29-18-12-8-4)38(30-20-14-10-6-2)40(42(39)41)35-27-21-25-33(31-35)23-17-11-7-3;2*1-3-5-7-9-8-6-4-2;/h21-22,25-28,31-32H,5-20,23-24,29-30H2,1-4H3;2*1,3-9H2,2H3;/q;2*-1;+2. The van der Waals surface area contributed by atoms with E-state index in [1.165, 1.54) is 213 Å². The van der Waals surface area contributed by atoms with Crippen molar-refractivity contribution in [2.24, 2.45) is 0 Å². The Labute approximate surface area is 395 Å². The van der Waals surface area contributed by atoms with Gasteiger partial charge in [0, 0.05) is 22.3 Å². The second-order valence-corrected chi connectivity index (χ2v) is 17.9. The molecule has 2 aromatic carbocycles. The van der Waals surface area contributed by atoms with Crippen molar-refractivity contribution in [2.75, 3.05) is 0 Å². The molecule has 0 saturated carbocycles. The maximum Gasteiger partial charge on any atom is 2.00 e. The van der Waals surface area contributed by atoms with Gasteiger partial charge >= 0.3 is 20.4 Å². The number of allylic oxidation sites excluding steroid dienone is 2. The molecule has 0 aromatic heterocycles. The summed E-state index contributed by atoms with van der Waals surface area (Å²) in [5.41, 5.74) is 22.0. The summed E-state index contributed by atoms with van der Waals surface area (Å²) in [7, 11) is 0. The molecule has 61 heavy (non-hydrogen) atoms. The average molecular weight is 930 g/mol. The Balaban J connectivity index is 0.00000157. The first kappa shape index (κ1) is 59.2. The van der Waals surface area contributed by atoms with Crippen molar-refractivity contribution < 1.29 is 25.1 Å². The van der Waals surface area contributed by atoms with E-state index in [2.05, 4.69) is 104 Å². The zero-order valence-corrected chi connectivity index (χ0v) is 42.8. The Morgan fingerprint density at radius 3 is 1.03 bits per heavy atom. The monoisotopic (exact) mass is 929 g/mol. The van der Waals surface area contributed by atoms with E-state index < -0.39 is 0 Å². The van der Waals surface area contributed by atoms with Gasteiger partial charge in [-0.2, -0.15) is 12.8 Å². The maximum absolute atomic E-state index is 12.1. The Morgan fingerprint density at radius 1 is 0.377 bits per heavy atom. The molecule has 0 saturated heterocycles. The molecule has 0 amide bonds. The molecule has 0 aliphatic carbocycles. The molecule has 3 heteroatoms. The topological polar surface area (TPSA) is 25.3 Å². The van der Waals surface area contributed by atoms with E-state index in [1.54, 1.807) is 4.70 Å². The first-order valence-electron chi connectivity index (χ1n) is 26.2. The van der Waals surface area contributed by atoms with Crippen molar-refractivity contribution in [3.63, 3.8) is 0 Å². The second-order valence-electron chi connectivity index (χ2n) is 17.9. The van der Waals surface area contributed by atoms with Crippen molar-refractivity contribution in [1.82, 2.24) is 0 Å². The molecular formula is C58H98N2Pd. The Hall–Kier alpha value is -1.82. The number of unbranched alkanes of at least 4 members (excludes halogenated alkanes) is 24. The van der Waals surface area contributed by atoms with Gasteiger partial charge in [-0.1, -0.05) is 220 Å². The number of hydrogen-bond donors (Lipinski definition) is 0. The van der Waals surface area contributed by atoms with E-state index in [-0.39, 0.29) is 20.4 Å². The summed E-state index contributed by atoms with van der Waals surface area (Å²) >= 11 is 0. The third-order valence-corrected chi connectivity index (χ3v) is 12.2. The predicted molar refractivity (Wildman–Crippen MR) is 270 cm³/mol. The van der Waals surface area contributed by atoms with Gasteiger partial charge in [0.05, 0.1) is 0 Å². The number of nitrogens with zero attached hydrogens (tertiary/aromatic N) is 2. The number of aryl methyl sites for hydroxylation is 2. The predicted octanol–water partition coefficient (Wildman–Crippen LogP) is 20.2. The van der Waals surface area contributed by atoms with Crippen LogP contribution in [-0.4, -0.2) is 4.70 Å². The van der Waals surface area contributed by atoms with Crippen LogP contribution >= 0.6 is 0 Å². The molecule has 2 nitrogen and oxygen atoms in total. The van der Waals surface area contributed by atoms with E-state index >= 15 is 0 Å². The third-order valence-electron chi connectivity index (χ3n) is 12.2. The van der Waals surface area contributed by atoms with E-state index in [4.69, 9.17) is 0 Å². The van der Waals surface area contributed by atoms with Gasteiger partial charge in [-0.15, -0.1) is 0 Å². The van der Waals surface area contributed by atoms with E-state index in [0.717, 1.165) is 49.9 Å². The van der Waals surface area contributed by atoms with E-state index in [0.29, 0.717) is 0 Å². The van der Waals surface area contributed by atoms with Crippen LogP contribution in [0.5, 0.6) is 0 Å². The smallest absolute Gasteiger partial charge is 0.493 e. The molecule has 1 aliphatic rings. The number of benzene rings is 2. The molecule has 1 aliphatic heterocycles. The molecule has 350 valence electrons. The number of hydrogen-bond acceptors (Lipinski definition) is 0. The van der Waals surface area contributed by atoms with Crippen LogP contribution < -0.4 is 0 Å². The minimum atomic E-state index is 0. The van der Waals surface area contributed by atoms with Crippen molar-refractivity contribution in [3.8, 4) is 0 Å². The van der Waals surface area contributed by atoms with Crippen molar-refractivity contribution in [1.29, 1.82) is 0 Å². The first-order chi connectivity index (χ1) is 29.5. The minimum absolute atomic E-state index is 0. The van der Waals surface area contributed by atoms with Crippen LogP contribution in [-0.2, 0) is 33.3 Å². The van der Waals surface area contributed by atoms with Gasteiger partial charge in [-0.25, -0.2) is 4.70 Å². The summed E-state index contributed by atoms with van der Waals surface area (Å²) in [4.78, 5) is 0. The van der Waals surface area contributed by atoms with Crippen LogP contribution in [0.3, 0.4) is 0 Å². The van der Waals surface area contributed by atoms with Gasteiger partial charge in [-0.3, -0.25) is 0 Å². The van der Waals surface area contributed by atoms with Crippen LogP contribution in [0.4, 0.5) is 0 Å². The molecule has 3 rings (SSSR count). The normalized spacial score (nSPS) is 12.3. The van der Waals surface area contributed by atoms with Gasteiger partial charge in [0.15, 0.2) is 0 Å². The summed E-state index contributed by atoms with van der Waals surface area (Å²) in [5.74, 6) is 0. The summed E-state index contributed by atoms with van der Waals surface area (Å²) in [6.07, 6.45) is 43.4. The fraction of sp³-hybridized carbons (Fsp3) is 0.690. The zero-order chi connectivity index (χ0) is 43.9. The third kappa shape index (κ3) is 27.2. The van der Waals surface area contributed by atoms with Gasteiger partial charge in [0.25, 0.3) is 0 Å². The molecule has 0 unspecified atom stereocenters. The van der Waals surface area contributed by atoms with Crippen molar-refractivity contribution in [2.45, 2.75) is 260 Å². The van der Waals surface area contributed by atoms with Crippen LogP contribution in [0.2, 0.25) is 0 Å². The van der Waals surface area contributed by atoms with E-state index in [1.807, 2.05) is 0 Å². The summed E-state index contributed by atoms with van der Waals surface area (Å²) in [6, 6.07) is 18.1. The fourth-order valence-corrected chi connectivity index (χ4v) is 8.42. The molecule has 2 aromatic rings. The second kappa shape index (κ2) is 42.2. The molecular weight excluding hydrogens is 831 g/mol. The summed E-state index contributed by atoms with van der Waals surface area (Å²) < 4.78 is 1.59. The average Bonchev–Trinajstić information content (AvgIpc) is 3.54. The molecule has 0 spiro atoms. The molecule has 0 radical (unpaired) electrons. The first-order valence-corrected chi connectivity index (χ1v) is 26.2. The Kier molecular flexibility index (Phi) is 40.9. The van der Waals surface area contributed by atoms with Gasteiger partial charge < -0.3 is 19.4 Å². The van der Waals surface area contributed by atoms with E-state index in [9.17, 15) is 5.53 Å². The van der Waals surface area contributed by atoms with Crippen LogP contribution in [0.1, 0.15) is 269 Å². The molecule has 0 bridgehead atoms. The Bertz CT molecular complexity index is 1360. The summed E-state index contributed by atoms with van der Waals surface area (Å²) in [5, 5.41) is 0. The molecule has 0 fully saturated rings. The fourth-order valence-electron chi connectivity index (χ4n) is 8.42. The molecule has 0 N–H and O–H groups in total. The largest absolute Gasteiger partial charge is 2.00 e. The quantitative estimate of drug-likeness (QED) is 0.0289. The van der Waals surface area contributed by atoms with Gasteiger partial charge in [0.1, 0.15) is 0 Å². The maximum atomic E-state index is 12.1. The van der Waals surface area contributed by atoms with Gasteiger partial charge in [-0.05, 0) is 86.8 Å². The SMILES string of the molecule is CCCCCCCCc1cccc(C2=C(CCCCC)C(CCCCCC)=C(c3cccc(CCCCC)c3)[N+]2=[N-])c1.[CH2-]CCCCCCCC.[CH2-]CCCCCCCC.[Pd+2]. The summed E-state index contributed by atoms with van der Waals surface area (Å²) in [6.45, 7) is 21.2. The molecule has 1 heterocycles. The van der Waals surface area contributed by atoms with Crippen LogP contribution in [0.25, 0.3) is 16.9 Å². The van der Waals surface area contributed by atoms with Gasteiger partial charge in [0.2, 0.25) is 11.4 Å². The molecule has 0 atom stereocenters. The Morgan fingerprint density at radius 2 is 0.656 bits per heavy atom. The van der Waals surface area contributed by atoms with Crippen LogP contribution in [0.15, 0.2) is 59.7 Å². The zero-order valence-electron chi connectivity index (χ0n) is 41.3. The minimum Gasteiger partial charge on any atom is -0.493 e. The number of rotatable bonds is 34.